The summed E-state index contributed by atoms with van der Waals surface area (Å²) in [6.07, 6.45) is -3.50. The molecule has 1 fully saturated rings. The van der Waals surface area contributed by atoms with Crippen molar-refractivity contribution in [3.8, 4) is 5.75 Å². The lowest BCUT2D eigenvalue weighted by atomic mass is 9.85. The van der Waals surface area contributed by atoms with Gasteiger partial charge in [0.1, 0.15) is 12.4 Å². The highest BCUT2D eigenvalue weighted by Gasteiger charge is 2.36. The fraction of sp³-hybridized carbons (Fsp3) is 0.261. The standard InChI is InChI=1S/C23H19F3N4O5S/c24-23(25,26)14-3-5-17(19(12-14)30-9-11-35-22(30)31)16-7-10-34-20-13-15(4-6-18(16)20)36(32,33)29-21-2-1-8-27-28-21/h1-6,8,12-13,16H,7,9-11H2,(H,28,29)/t16-/m1/s1. The Morgan fingerprint density at radius 1 is 1.03 bits per heavy atom. The van der Waals surface area contributed by atoms with Gasteiger partial charge >= 0.3 is 12.3 Å². The SMILES string of the molecule is O=C1OCCN1c1cc(C(F)(F)F)ccc1[C@H]1CCOc2cc(S(=O)(=O)Nc3cccnn3)ccc21. The van der Waals surface area contributed by atoms with Gasteiger partial charge in [0.15, 0.2) is 5.82 Å². The van der Waals surface area contributed by atoms with Gasteiger partial charge in [0.25, 0.3) is 10.0 Å². The van der Waals surface area contributed by atoms with Crippen LogP contribution in [-0.4, -0.2) is 44.5 Å². The summed E-state index contributed by atoms with van der Waals surface area (Å²) in [7, 11) is -4.01. The van der Waals surface area contributed by atoms with Gasteiger partial charge in [-0.05, 0) is 42.3 Å². The minimum absolute atomic E-state index is 0.0425. The lowest BCUT2D eigenvalue weighted by molar-refractivity contribution is -0.137. The number of fused-ring (bicyclic) bond motifs is 1. The second-order valence-electron chi connectivity index (χ2n) is 8.14. The molecule has 0 saturated carbocycles. The third-order valence-corrected chi connectivity index (χ3v) is 7.28. The van der Waals surface area contributed by atoms with E-state index in [0.29, 0.717) is 17.5 Å². The van der Waals surface area contributed by atoms with Crippen molar-refractivity contribution in [2.24, 2.45) is 0 Å². The van der Waals surface area contributed by atoms with E-state index < -0.39 is 33.8 Å². The first-order valence-corrected chi connectivity index (χ1v) is 12.3. The molecule has 0 bridgehead atoms. The van der Waals surface area contributed by atoms with Crippen LogP contribution in [0.5, 0.6) is 5.75 Å². The zero-order chi connectivity index (χ0) is 25.5. The van der Waals surface area contributed by atoms with Crippen LogP contribution in [-0.2, 0) is 20.9 Å². The lowest BCUT2D eigenvalue weighted by Gasteiger charge is -2.30. The molecule has 13 heteroatoms. The van der Waals surface area contributed by atoms with Crippen LogP contribution in [0.25, 0.3) is 0 Å². The molecule has 188 valence electrons. The number of alkyl halides is 3. The number of ether oxygens (including phenoxy) is 2. The zero-order valence-corrected chi connectivity index (χ0v) is 19.3. The average molecular weight is 520 g/mol. The van der Waals surface area contributed by atoms with E-state index in [-0.39, 0.29) is 41.9 Å². The van der Waals surface area contributed by atoms with Crippen LogP contribution in [0.15, 0.2) is 59.6 Å². The molecular formula is C23H19F3N4O5S. The number of halogens is 3. The number of amides is 1. The molecule has 1 aromatic heterocycles. The summed E-state index contributed by atoms with van der Waals surface area (Å²) < 4.78 is 79.0. The van der Waals surface area contributed by atoms with E-state index in [2.05, 4.69) is 14.9 Å². The van der Waals surface area contributed by atoms with Gasteiger partial charge in [0.05, 0.1) is 29.3 Å². The van der Waals surface area contributed by atoms with Crippen LogP contribution in [0, 0.1) is 0 Å². The molecule has 1 N–H and O–H groups in total. The third kappa shape index (κ3) is 4.53. The molecule has 3 aromatic rings. The summed E-state index contributed by atoms with van der Waals surface area (Å²) in [5.41, 5.74) is 0.295. The maximum Gasteiger partial charge on any atom is 0.416 e. The molecule has 0 spiro atoms. The number of hydrogen-bond acceptors (Lipinski definition) is 7. The number of sulfonamides is 1. The van der Waals surface area contributed by atoms with Crippen molar-refractivity contribution in [3.63, 3.8) is 0 Å². The van der Waals surface area contributed by atoms with Crippen molar-refractivity contribution in [2.75, 3.05) is 29.4 Å². The predicted octanol–water partition coefficient (Wildman–Crippen LogP) is 4.17. The zero-order valence-electron chi connectivity index (χ0n) is 18.5. The van der Waals surface area contributed by atoms with Gasteiger partial charge in [-0.2, -0.15) is 18.3 Å². The first kappa shape index (κ1) is 23.9. The number of nitrogens with one attached hydrogen (secondary N) is 1. The molecule has 36 heavy (non-hydrogen) atoms. The number of nitrogens with zero attached hydrogens (tertiary/aromatic N) is 3. The van der Waals surface area contributed by atoms with Gasteiger partial charge in [-0.1, -0.05) is 12.1 Å². The summed E-state index contributed by atoms with van der Waals surface area (Å²) in [6.45, 7) is 0.386. The van der Waals surface area contributed by atoms with Crippen LogP contribution in [0.2, 0.25) is 0 Å². The Morgan fingerprint density at radius 3 is 2.53 bits per heavy atom. The molecule has 1 amide bonds. The summed E-state index contributed by atoms with van der Waals surface area (Å²) in [4.78, 5) is 13.3. The maximum absolute atomic E-state index is 13.5. The van der Waals surface area contributed by atoms with E-state index in [4.69, 9.17) is 9.47 Å². The summed E-state index contributed by atoms with van der Waals surface area (Å²) in [6, 6.07) is 10.5. The minimum atomic E-state index is -4.59. The van der Waals surface area contributed by atoms with Crippen LogP contribution in [0.4, 0.5) is 29.5 Å². The Labute approximate surface area is 203 Å². The Bertz CT molecular complexity index is 1420. The largest absolute Gasteiger partial charge is 0.493 e. The second kappa shape index (κ2) is 8.97. The van der Waals surface area contributed by atoms with E-state index in [1.165, 1.54) is 41.4 Å². The van der Waals surface area contributed by atoms with Crippen molar-refractivity contribution in [1.29, 1.82) is 0 Å². The summed E-state index contributed by atoms with van der Waals surface area (Å²) in [5, 5.41) is 7.35. The number of carbonyl (C=O) groups excluding carboxylic acids is 1. The molecular weight excluding hydrogens is 501 g/mol. The molecule has 2 aliphatic heterocycles. The Morgan fingerprint density at radius 2 is 1.83 bits per heavy atom. The maximum atomic E-state index is 13.5. The van der Waals surface area contributed by atoms with Gasteiger partial charge in [-0.3, -0.25) is 9.62 Å². The van der Waals surface area contributed by atoms with Crippen molar-refractivity contribution < 1.29 is 35.9 Å². The Hall–Kier alpha value is -3.87. The highest BCUT2D eigenvalue weighted by Crippen LogP contribution is 2.44. The van der Waals surface area contributed by atoms with E-state index in [9.17, 15) is 26.4 Å². The Balaban J connectivity index is 1.53. The van der Waals surface area contributed by atoms with E-state index in [1.54, 1.807) is 6.07 Å². The minimum Gasteiger partial charge on any atom is -0.493 e. The molecule has 5 rings (SSSR count). The van der Waals surface area contributed by atoms with Crippen molar-refractivity contribution in [2.45, 2.75) is 23.4 Å². The van der Waals surface area contributed by atoms with Gasteiger partial charge in [0.2, 0.25) is 0 Å². The summed E-state index contributed by atoms with van der Waals surface area (Å²) >= 11 is 0. The molecule has 3 heterocycles. The fourth-order valence-electron chi connectivity index (χ4n) is 4.27. The van der Waals surface area contributed by atoms with Crippen molar-refractivity contribution >= 4 is 27.6 Å². The first-order valence-electron chi connectivity index (χ1n) is 10.9. The van der Waals surface area contributed by atoms with Gasteiger partial charge < -0.3 is 9.47 Å². The number of anilines is 2. The number of aromatic nitrogens is 2. The van der Waals surface area contributed by atoms with Crippen LogP contribution < -0.4 is 14.4 Å². The summed E-state index contributed by atoms with van der Waals surface area (Å²) in [5.74, 6) is -0.117. The molecule has 1 saturated heterocycles. The monoisotopic (exact) mass is 520 g/mol. The third-order valence-electron chi connectivity index (χ3n) is 5.93. The fourth-order valence-corrected chi connectivity index (χ4v) is 5.28. The predicted molar refractivity (Wildman–Crippen MR) is 121 cm³/mol. The average Bonchev–Trinajstić information content (AvgIpc) is 3.28. The quantitative estimate of drug-likeness (QED) is 0.538. The molecule has 2 aliphatic rings. The van der Waals surface area contributed by atoms with E-state index in [0.717, 1.165) is 12.1 Å². The van der Waals surface area contributed by atoms with E-state index in [1.807, 2.05) is 0 Å². The molecule has 0 unspecified atom stereocenters. The number of rotatable bonds is 5. The van der Waals surface area contributed by atoms with Gasteiger partial charge in [-0.15, -0.1) is 5.10 Å². The number of hydrogen-bond donors (Lipinski definition) is 1. The van der Waals surface area contributed by atoms with Gasteiger partial charge in [-0.25, -0.2) is 13.2 Å². The van der Waals surface area contributed by atoms with Crippen LogP contribution >= 0.6 is 0 Å². The second-order valence-corrected chi connectivity index (χ2v) is 9.82. The van der Waals surface area contributed by atoms with Crippen LogP contribution in [0.3, 0.4) is 0 Å². The molecule has 1 atom stereocenters. The number of carbonyl (C=O) groups is 1. The normalized spacial score (nSPS) is 17.8. The highest BCUT2D eigenvalue weighted by molar-refractivity contribution is 7.92. The van der Waals surface area contributed by atoms with Crippen molar-refractivity contribution in [3.05, 3.63) is 71.4 Å². The highest BCUT2D eigenvalue weighted by atomic mass is 32.2. The molecule has 0 aliphatic carbocycles. The molecule has 9 nitrogen and oxygen atoms in total. The number of cyclic esters (lactones) is 1. The van der Waals surface area contributed by atoms with E-state index >= 15 is 0 Å². The van der Waals surface area contributed by atoms with Gasteiger partial charge in [0, 0.05) is 23.7 Å². The topological polar surface area (TPSA) is 111 Å². The first-order chi connectivity index (χ1) is 17.1. The van der Waals surface area contributed by atoms with Crippen LogP contribution in [0.1, 0.15) is 29.0 Å². The molecule has 0 radical (unpaired) electrons. The number of benzene rings is 2. The van der Waals surface area contributed by atoms with Crippen molar-refractivity contribution in [1.82, 2.24) is 10.2 Å². The smallest absolute Gasteiger partial charge is 0.416 e. The lowest BCUT2D eigenvalue weighted by Crippen LogP contribution is -2.27. The molecule has 2 aromatic carbocycles. The Kier molecular flexibility index (Phi) is 5.94.